The monoisotopic (exact) mass is 246 g/mol. The van der Waals surface area contributed by atoms with Gasteiger partial charge >= 0.3 is 0 Å². The van der Waals surface area contributed by atoms with Gasteiger partial charge in [-0.3, -0.25) is 4.79 Å². The zero-order valence-electron chi connectivity index (χ0n) is 11.5. The summed E-state index contributed by atoms with van der Waals surface area (Å²) >= 11 is 0. The fourth-order valence-corrected chi connectivity index (χ4v) is 2.55. The number of nitrogens with zero attached hydrogens (tertiary/aromatic N) is 2. The zero-order valence-corrected chi connectivity index (χ0v) is 11.5. The zero-order chi connectivity index (χ0) is 13.1. The summed E-state index contributed by atoms with van der Waals surface area (Å²) < 4.78 is 0. The molecule has 3 heteroatoms. The summed E-state index contributed by atoms with van der Waals surface area (Å²) in [7, 11) is 4.07. The van der Waals surface area contributed by atoms with Crippen molar-refractivity contribution in [3.05, 3.63) is 35.4 Å². The molecule has 1 aliphatic rings. The van der Waals surface area contributed by atoms with Gasteiger partial charge in [0, 0.05) is 18.7 Å². The number of piperidine rings is 1. The van der Waals surface area contributed by atoms with Crippen molar-refractivity contribution in [2.45, 2.75) is 25.8 Å². The van der Waals surface area contributed by atoms with Crippen LogP contribution in [0.5, 0.6) is 0 Å². The molecule has 1 saturated heterocycles. The number of rotatable bonds is 2. The molecule has 1 aromatic rings. The molecule has 18 heavy (non-hydrogen) atoms. The van der Waals surface area contributed by atoms with Crippen molar-refractivity contribution in [2.24, 2.45) is 0 Å². The number of hydrogen-bond donors (Lipinski definition) is 0. The van der Waals surface area contributed by atoms with Gasteiger partial charge in [-0.1, -0.05) is 18.2 Å². The molecule has 98 valence electrons. The lowest BCUT2D eigenvalue weighted by Gasteiger charge is -2.35. The molecule has 1 amide bonds. The molecule has 0 N–H and O–H groups in total. The molecular weight excluding hydrogens is 224 g/mol. The second-order valence-corrected chi connectivity index (χ2v) is 5.27. The van der Waals surface area contributed by atoms with Crippen LogP contribution in [-0.4, -0.2) is 48.9 Å². The van der Waals surface area contributed by atoms with Crippen LogP contribution in [0.15, 0.2) is 24.3 Å². The van der Waals surface area contributed by atoms with E-state index in [4.69, 9.17) is 0 Å². The lowest BCUT2D eigenvalue weighted by molar-refractivity contribution is 0.0659. The highest BCUT2D eigenvalue weighted by Gasteiger charge is 2.25. The number of amides is 1. The molecule has 0 unspecified atom stereocenters. The molecule has 1 heterocycles. The summed E-state index contributed by atoms with van der Waals surface area (Å²) in [5.41, 5.74) is 1.89. The van der Waals surface area contributed by atoms with E-state index in [0.29, 0.717) is 6.04 Å². The first kappa shape index (κ1) is 13.1. The van der Waals surface area contributed by atoms with Gasteiger partial charge < -0.3 is 9.80 Å². The number of aryl methyl sites for hydroxylation is 1. The quantitative estimate of drug-likeness (QED) is 0.798. The van der Waals surface area contributed by atoms with Crippen LogP contribution in [0.3, 0.4) is 0 Å². The Balaban J connectivity index is 2.07. The average Bonchev–Trinajstić information content (AvgIpc) is 2.38. The smallest absolute Gasteiger partial charge is 0.254 e. The van der Waals surface area contributed by atoms with E-state index < -0.39 is 0 Å². The van der Waals surface area contributed by atoms with Crippen LogP contribution in [0.1, 0.15) is 28.8 Å². The Morgan fingerprint density at radius 2 is 1.89 bits per heavy atom. The van der Waals surface area contributed by atoms with E-state index in [0.717, 1.165) is 37.1 Å². The van der Waals surface area contributed by atoms with Crippen LogP contribution in [0, 0.1) is 6.92 Å². The van der Waals surface area contributed by atoms with E-state index >= 15 is 0 Å². The molecule has 1 fully saturated rings. The van der Waals surface area contributed by atoms with Gasteiger partial charge in [-0.25, -0.2) is 0 Å². The highest BCUT2D eigenvalue weighted by molar-refractivity contribution is 5.95. The minimum Gasteiger partial charge on any atom is -0.339 e. The molecule has 3 nitrogen and oxygen atoms in total. The normalized spacial score (nSPS) is 17.7. The SMILES string of the molecule is Cc1ccccc1C(=O)N(C)C1CCN(C)CC1. The number of benzene rings is 1. The summed E-state index contributed by atoms with van der Waals surface area (Å²) in [6.45, 7) is 4.15. The number of hydrogen-bond acceptors (Lipinski definition) is 2. The molecule has 0 radical (unpaired) electrons. The lowest BCUT2D eigenvalue weighted by atomic mass is 10.0. The summed E-state index contributed by atoms with van der Waals surface area (Å²) in [5, 5.41) is 0. The van der Waals surface area contributed by atoms with Gasteiger partial charge in [-0.2, -0.15) is 0 Å². The largest absolute Gasteiger partial charge is 0.339 e. The molecule has 2 rings (SSSR count). The van der Waals surface area contributed by atoms with Crippen molar-refractivity contribution in [2.75, 3.05) is 27.2 Å². The van der Waals surface area contributed by atoms with Crippen LogP contribution >= 0.6 is 0 Å². The van der Waals surface area contributed by atoms with Gasteiger partial charge in [0.1, 0.15) is 0 Å². The van der Waals surface area contributed by atoms with Crippen LogP contribution in [0.25, 0.3) is 0 Å². The van der Waals surface area contributed by atoms with E-state index in [2.05, 4.69) is 11.9 Å². The van der Waals surface area contributed by atoms with Gasteiger partial charge in [0.2, 0.25) is 0 Å². The topological polar surface area (TPSA) is 23.6 Å². The average molecular weight is 246 g/mol. The summed E-state index contributed by atoms with van der Waals surface area (Å²) in [6.07, 6.45) is 2.15. The Kier molecular flexibility index (Phi) is 4.02. The summed E-state index contributed by atoms with van der Waals surface area (Å²) in [6, 6.07) is 8.21. The minimum atomic E-state index is 0.155. The number of carbonyl (C=O) groups excluding carboxylic acids is 1. The van der Waals surface area contributed by atoms with Crippen molar-refractivity contribution in [3.8, 4) is 0 Å². The van der Waals surface area contributed by atoms with E-state index in [-0.39, 0.29) is 5.91 Å². The van der Waals surface area contributed by atoms with E-state index in [1.54, 1.807) is 0 Å². The minimum absolute atomic E-state index is 0.155. The van der Waals surface area contributed by atoms with Gasteiger partial charge in [0.15, 0.2) is 0 Å². The third kappa shape index (κ3) is 2.72. The van der Waals surface area contributed by atoms with Crippen molar-refractivity contribution < 1.29 is 4.79 Å². The molecule has 0 spiro atoms. The van der Waals surface area contributed by atoms with Crippen LogP contribution < -0.4 is 0 Å². The van der Waals surface area contributed by atoms with Gasteiger partial charge in [-0.05, 0) is 51.5 Å². The maximum atomic E-state index is 12.5. The van der Waals surface area contributed by atoms with Crippen LogP contribution in [-0.2, 0) is 0 Å². The predicted octanol–water partition coefficient (Wildman–Crippen LogP) is 2.16. The Labute approximate surface area is 109 Å². The van der Waals surface area contributed by atoms with Gasteiger partial charge in [0.05, 0.1) is 0 Å². The fourth-order valence-electron chi connectivity index (χ4n) is 2.55. The van der Waals surface area contributed by atoms with E-state index in [9.17, 15) is 4.79 Å². The van der Waals surface area contributed by atoms with Gasteiger partial charge in [-0.15, -0.1) is 0 Å². The number of likely N-dealkylation sites (tertiary alicyclic amines) is 1. The maximum Gasteiger partial charge on any atom is 0.254 e. The summed E-state index contributed by atoms with van der Waals surface area (Å²) in [4.78, 5) is 16.7. The van der Waals surface area contributed by atoms with Crippen LogP contribution in [0.4, 0.5) is 0 Å². The third-order valence-corrected chi connectivity index (χ3v) is 3.93. The Bertz CT molecular complexity index is 422. The van der Waals surface area contributed by atoms with Crippen LogP contribution in [0.2, 0.25) is 0 Å². The first-order valence-electron chi connectivity index (χ1n) is 6.61. The first-order valence-corrected chi connectivity index (χ1v) is 6.61. The van der Waals surface area contributed by atoms with Gasteiger partial charge in [0.25, 0.3) is 5.91 Å². The van der Waals surface area contributed by atoms with Crippen molar-refractivity contribution in [1.29, 1.82) is 0 Å². The molecule has 0 atom stereocenters. The standard InChI is InChI=1S/C15H22N2O/c1-12-6-4-5-7-14(12)15(18)17(3)13-8-10-16(2)11-9-13/h4-7,13H,8-11H2,1-3H3. The molecule has 0 aromatic heterocycles. The first-order chi connectivity index (χ1) is 8.59. The van der Waals surface area contributed by atoms with Crippen molar-refractivity contribution >= 4 is 5.91 Å². The highest BCUT2D eigenvalue weighted by Crippen LogP contribution is 2.18. The molecule has 1 aromatic carbocycles. The Morgan fingerprint density at radius 3 is 2.50 bits per heavy atom. The van der Waals surface area contributed by atoms with E-state index in [1.807, 2.05) is 43.1 Å². The van der Waals surface area contributed by atoms with Crippen molar-refractivity contribution in [1.82, 2.24) is 9.80 Å². The predicted molar refractivity (Wildman–Crippen MR) is 73.8 cm³/mol. The molecular formula is C15H22N2O. The Morgan fingerprint density at radius 1 is 1.28 bits per heavy atom. The molecule has 1 aliphatic heterocycles. The molecule has 0 aliphatic carbocycles. The highest BCUT2D eigenvalue weighted by atomic mass is 16.2. The second kappa shape index (κ2) is 5.53. The molecule has 0 bridgehead atoms. The number of carbonyl (C=O) groups is 1. The maximum absolute atomic E-state index is 12.5. The second-order valence-electron chi connectivity index (χ2n) is 5.27. The summed E-state index contributed by atoms with van der Waals surface area (Å²) in [5.74, 6) is 0.155. The van der Waals surface area contributed by atoms with E-state index in [1.165, 1.54) is 0 Å². The Hall–Kier alpha value is -1.35. The lowest BCUT2D eigenvalue weighted by Crippen LogP contribution is -2.44. The van der Waals surface area contributed by atoms with Crippen molar-refractivity contribution in [3.63, 3.8) is 0 Å². The molecule has 0 saturated carbocycles. The third-order valence-electron chi connectivity index (χ3n) is 3.93. The fraction of sp³-hybridized carbons (Fsp3) is 0.533.